The van der Waals surface area contributed by atoms with Gasteiger partial charge in [-0.2, -0.15) is 0 Å². The van der Waals surface area contributed by atoms with E-state index in [9.17, 15) is 17.6 Å². The van der Waals surface area contributed by atoms with Crippen LogP contribution in [0, 0.1) is 19.7 Å². The second-order valence-corrected chi connectivity index (χ2v) is 9.32. The average Bonchev–Trinajstić information content (AvgIpc) is 2.66. The van der Waals surface area contributed by atoms with Crippen LogP contribution in [-0.2, 0) is 14.8 Å². The van der Waals surface area contributed by atoms with E-state index in [0.717, 1.165) is 21.9 Å². The lowest BCUT2D eigenvalue weighted by molar-refractivity contribution is -0.121. The van der Waals surface area contributed by atoms with Crippen LogP contribution >= 0.6 is 0 Å². The first-order chi connectivity index (χ1) is 14.1. The predicted molar refractivity (Wildman–Crippen MR) is 117 cm³/mol. The van der Waals surface area contributed by atoms with Crippen LogP contribution in [0.25, 0.3) is 0 Å². The molecule has 164 valence electrons. The summed E-state index contributed by atoms with van der Waals surface area (Å²) < 4.78 is 44.8. The topological polar surface area (TPSA) is 75.7 Å². The number of benzene rings is 2. The number of sulfonamides is 1. The van der Waals surface area contributed by atoms with Crippen molar-refractivity contribution in [2.45, 2.75) is 39.7 Å². The number of carbonyl (C=O) groups excluding carboxylic acids is 1. The van der Waals surface area contributed by atoms with Gasteiger partial charge >= 0.3 is 0 Å². The molecule has 1 atom stereocenters. The highest BCUT2D eigenvalue weighted by Gasteiger charge is 2.20. The van der Waals surface area contributed by atoms with Crippen molar-refractivity contribution in [1.82, 2.24) is 5.32 Å². The molecule has 0 saturated heterocycles. The molecular weight excluding hydrogens is 407 g/mol. The third-order valence-corrected chi connectivity index (χ3v) is 5.85. The lowest BCUT2D eigenvalue weighted by Gasteiger charge is -2.23. The van der Waals surface area contributed by atoms with Gasteiger partial charge < -0.3 is 10.1 Å². The van der Waals surface area contributed by atoms with Gasteiger partial charge in [-0.15, -0.1) is 0 Å². The van der Waals surface area contributed by atoms with Crippen LogP contribution in [-0.4, -0.2) is 39.8 Å². The zero-order chi connectivity index (χ0) is 22.3. The Labute approximate surface area is 178 Å². The van der Waals surface area contributed by atoms with Gasteiger partial charge in [-0.05, 0) is 62.6 Å². The second-order valence-electron chi connectivity index (χ2n) is 7.42. The third kappa shape index (κ3) is 7.02. The molecule has 6 nitrogen and oxygen atoms in total. The number of hydrogen-bond acceptors (Lipinski definition) is 4. The zero-order valence-corrected chi connectivity index (χ0v) is 18.6. The summed E-state index contributed by atoms with van der Waals surface area (Å²) in [7, 11) is -3.67. The minimum atomic E-state index is -3.67. The Morgan fingerprint density at radius 1 is 1.17 bits per heavy atom. The first-order valence-corrected chi connectivity index (χ1v) is 11.6. The molecule has 0 aromatic heterocycles. The second kappa shape index (κ2) is 10.4. The molecule has 0 aliphatic carbocycles. The largest absolute Gasteiger partial charge is 0.491 e. The van der Waals surface area contributed by atoms with Crippen LogP contribution in [0.5, 0.6) is 5.75 Å². The van der Waals surface area contributed by atoms with Crippen molar-refractivity contribution in [3.63, 3.8) is 0 Å². The molecule has 2 aromatic rings. The number of ether oxygens (including phenoxy) is 1. The van der Waals surface area contributed by atoms with Crippen molar-refractivity contribution in [1.29, 1.82) is 0 Å². The summed E-state index contributed by atoms with van der Waals surface area (Å²) in [6, 6.07) is 11.3. The van der Waals surface area contributed by atoms with E-state index >= 15 is 0 Å². The number of rotatable bonds is 10. The Hall–Kier alpha value is -2.61. The Bertz CT molecular complexity index is 979. The molecule has 0 heterocycles. The van der Waals surface area contributed by atoms with Gasteiger partial charge in [0.05, 0.1) is 18.0 Å². The number of anilines is 1. The summed E-state index contributed by atoms with van der Waals surface area (Å²) in [5.74, 6) is -0.0921. The molecule has 2 rings (SSSR count). The number of para-hydroxylation sites is 1. The first-order valence-electron chi connectivity index (χ1n) is 9.79. The number of halogens is 1. The average molecular weight is 437 g/mol. The molecule has 30 heavy (non-hydrogen) atoms. The van der Waals surface area contributed by atoms with E-state index in [2.05, 4.69) is 5.32 Å². The van der Waals surface area contributed by atoms with Gasteiger partial charge in [0.2, 0.25) is 15.9 Å². The van der Waals surface area contributed by atoms with Crippen LogP contribution in [0.1, 0.15) is 30.9 Å². The summed E-state index contributed by atoms with van der Waals surface area (Å²) in [5.41, 5.74) is 2.30. The van der Waals surface area contributed by atoms with Gasteiger partial charge in [0.25, 0.3) is 0 Å². The third-order valence-electron chi connectivity index (χ3n) is 4.67. The highest BCUT2D eigenvalue weighted by atomic mass is 32.2. The number of carbonyl (C=O) groups is 1. The first kappa shape index (κ1) is 23.7. The van der Waals surface area contributed by atoms with Crippen molar-refractivity contribution in [2.24, 2.45) is 0 Å². The van der Waals surface area contributed by atoms with Crippen LogP contribution in [0.3, 0.4) is 0 Å². The minimum absolute atomic E-state index is 0.0146. The van der Waals surface area contributed by atoms with E-state index in [1.165, 1.54) is 23.8 Å². The van der Waals surface area contributed by atoms with Crippen molar-refractivity contribution >= 4 is 21.6 Å². The molecule has 0 radical (unpaired) electrons. The van der Waals surface area contributed by atoms with E-state index in [-0.39, 0.29) is 37.0 Å². The van der Waals surface area contributed by atoms with Gasteiger partial charge in [0.1, 0.15) is 18.2 Å². The smallest absolute Gasteiger partial charge is 0.232 e. The molecule has 1 amide bonds. The highest BCUT2D eigenvalue weighted by Crippen LogP contribution is 2.22. The maximum atomic E-state index is 14.0. The van der Waals surface area contributed by atoms with Crippen LogP contribution in [0.15, 0.2) is 42.5 Å². The molecule has 0 spiro atoms. The molecule has 0 bridgehead atoms. The van der Waals surface area contributed by atoms with Crippen LogP contribution < -0.4 is 14.4 Å². The van der Waals surface area contributed by atoms with Gasteiger partial charge in [-0.25, -0.2) is 12.8 Å². The van der Waals surface area contributed by atoms with Crippen molar-refractivity contribution in [3.05, 3.63) is 59.4 Å². The van der Waals surface area contributed by atoms with Crippen molar-refractivity contribution in [3.8, 4) is 5.75 Å². The zero-order valence-electron chi connectivity index (χ0n) is 17.8. The van der Waals surface area contributed by atoms with Crippen LogP contribution in [0.2, 0.25) is 0 Å². The van der Waals surface area contributed by atoms with Crippen LogP contribution in [0.4, 0.5) is 10.1 Å². The number of nitrogens with one attached hydrogen (secondary N) is 1. The Morgan fingerprint density at radius 3 is 2.50 bits per heavy atom. The predicted octanol–water partition coefficient (Wildman–Crippen LogP) is 3.57. The SMILES string of the molecule is Cc1ccc(OC[C@@H](C)NC(=O)CCCN(c2ccccc2F)S(C)(=O)=O)cc1C. The number of hydrogen-bond donors (Lipinski definition) is 1. The number of aryl methyl sites for hydroxylation is 2. The summed E-state index contributed by atoms with van der Waals surface area (Å²) in [6.45, 7) is 6.20. The molecule has 0 aliphatic heterocycles. The standard InChI is InChI=1S/C22H29FN2O4S/c1-16-11-12-19(14-17(16)2)29-15-18(3)24-22(26)10-7-13-25(30(4,27)28)21-9-6-5-8-20(21)23/h5-6,8-9,11-12,14,18H,7,10,13,15H2,1-4H3,(H,24,26)/t18-/m1/s1. The van der Waals surface area contributed by atoms with E-state index in [1.54, 1.807) is 6.07 Å². The summed E-state index contributed by atoms with van der Waals surface area (Å²) in [5, 5.41) is 2.83. The normalized spacial score (nSPS) is 12.3. The fourth-order valence-corrected chi connectivity index (χ4v) is 3.88. The van der Waals surface area contributed by atoms with E-state index < -0.39 is 15.8 Å². The molecule has 1 N–H and O–H groups in total. The molecule has 0 unspecified atom stereocenters. The Balaban J connectivity index is 1.82. The lowest BCUT2D eigenvalue weighted by Crippen LogP contribution is -2.37. The fraction of sp³-hybridized carbons (Fsp3) is 0.409. The highest BCUT2D eigenvalue weighted by molar-refractivity contribution is 7.92. The van der Waals surface area contributed by atoms with Gasteiger partial charge in [0, 0.05) is 13.0 Å². The van der Waals surface area contributed by atoms with E-state index in [1.807, 2.05) is 39.0 Å². The maximum Gasteiger partial charge on any atom is 0.232 e. The quantitative estimate of drug-likeness (QED) is 0.618. The van der Waals surface area contributed by atoms with Crippen molar-refractivity contribution in [2.75, 3.05) is 23.7 Å². The number of nitrogens with zero attached hydrogens (tertiary/aromatic N) is 1. The molecule has 2 aromatic carbocycles. The fourth-order valence-electron chi connectivity index (χ4n) is 2.92. The molecular formula is C22H29FN2O4S. The molecule has 8 heteroatoms. The van der Waals surface area contributed by atoms with Gasteiger partial charge in [0.15, 0.2) is 0 Å². The summed E-state index contributed by atoms with van der Waals surface area (Å²) in [6.07, 6.45) is 1.40. The van der Waals surface area contributed by atoms with Gasteiger partial charge in [-0.1, -0.05) is 18.2 Å². The maximum absolute atomic E-state index is 14.0. The molecule has 0 saturated carbocycles. The van der Waals surface area contributed by atoms with Gasteiger partial charge in [-0.3, -0.25) is 9.10 Å². The van der Waals surface area contributed by atoms with Crippen molar-refractivity contribution < 1.29 is 22.3 Å². The van der Waals surface area contributed by atoms with E-state index in [0.29, 0.717) is 6.61 Å². The number of amides is 1. The monoisotopic (exact) mass is 436 g/mol. The minimum Gasteiger partial charge on any atom is -0.491 e. The summed E-state index contributed by atoms with van der Waals surface area (Å²) >= 11 is 0. The summed E-state index contributed by atoms with van der Waals surface area (Å²) in [4.78, 5) is 12.2. The Morgan fingerprint density at radius 2 is 1.87 bits per heavy atom. The lowest BCUT2D eigenvalue weighted by atomic mass is 10.1. The Kier molecular flexibility index (Phi) is 8.23. The molecule has 0 aliphatic rings. The van der Waals surface area contributed by atoms with E-state index in [4.69, 9.17) is 4.74 Å². The molecule has 0 fully saturated rings.